The van der Waals surface area contributed by atoms with Crippen molar-refractivity contribution in [3.8, 4) is 5.75 Å². The van der Waals surface area contributed by atoms with Gasteiger partial charge in [0.2, 0.25) is 6.29 Å². The van der Waals surface area contributed by atoms with Crippen LogP contribution in [-0.4, -0.2) is 69.7 Å². The number of benzene rings is 1. The molecular formula is C22H29NO7. The van der Waals surface area contributed by atoms with Crippen LogP contribution >= 0.6 is 0 Å². The van der Waals surface area contributed by atoms with Crippen LogP contribution in [0.5, 0.6) is 5.75 Å². The highest BCUT2D eigenvalue weighted by Gasteiger charge is 2.52. The maximum absolute atomic E-state index is 11.4. The molecule has 30 heavy (non-hydrogen) atoms. The summed E-state index contributed by atoms with van der Waals surface area (Å²) in [5.41, 5.74) is 1.12. The lowest BCUT2D eigenvalue weighted by molar-refractivity contribution is -0.271. The second-order valence-corrected chi connectivity index (χ2v) is 8.93. The van der Waals surface area contributed by atoms with E-state index in [0.29, 0.717) is 17.9 Å². The van der Waals surface area contributed by atoms with Crippen LogP contribution in [0.1, 0.15) is 47.3 Å². The van der Waals surface area contributed by atoms with Gasteiger partial charge in [-0.3, -0.25) is 0 Å². The third-order valence-corrected chi connectivity index (χ3v) is 7.40. The SMILES string of the molecule is [2H]c1c([2H])c(OC2OC(C(=O)O)C(O)C(O)C2O)c([2H])c2c1CC1NCCC23CCCCC13. The molecule has 5 rings (SSSR count). The number of nitrogens with one attached hydrogen (secondary N) is 1. The summed E-state index contributed by atoms with van der Waals surface area (Å²) in [4.78, 5) is 11.4. The van der Waals surface area contributed by atoms with Crippen LogP contribution in [0.15, 0.2) is 18.1 Å². The lowest BCUT2D eigenvalue weighted by atomic mass is 9.53. The molecule has 8 atom stereocenters. The molecule has 2 aliphatic heterocycles. The monoisotopic (exact) mass is 422 g/mol. The first kappa shape index (κ1) is 16.9. The Morgan fingerprint density at radius 3 is 2.83 bits per heavy atom. The average Bonchev–Trinajstić information content (AvgIpc) is 2.79. The van der Waals surface area contributed by atoms with Gasteiger partial charge in [-0.15, -0.1) is 0 Å². The van der Waals surface area contributed by atoms with Gasteiger partial charge >= 0.3 is 5.97 Å². The minimum atomic E-state index is -1.87. The molecule has 1 aromatic rings. The third kappa shape index (κ3) is 3.05. The predicted molar refractivity (Wildman–Crippen MR) is 105 cm³/mol. The van der Waals surface area contributed by atoms with E-state index in [0.717, 1.165) is 44.2 Å². The van der Waals surface area contributed by atoms with Crippen molar-refractivity contribution in [1.82, 2.24) is 5.32 Å². The quantitative estimate of drug-likeness (QED) is 0.471. The number of ether oxygens (including phenoxy) is 2. The van der Waals surface area contributed by atoms with E-state index in [1.165, 1.54) is 0 Å². The highest BCUT2D eigenvalue weighted by Crippen LogP contribution is 2.54. The highest BCUT2D eigenvalue weighted by molar-refractivity contribution is 5.73. The molecule has 2 bridgehead atoms. The number of aliphatic hydroxyl groups is 3. The van der Waals surface area contributed by atoms with Gasteiger partial charge in [-0.2, -0.15) is 0 Å². The minimum absolute atomic E-state index is 0.0402. The van der Waals surface area contributed by atoms with E-state index >= 15 is 0 Å². The van der Waals surface area contributed by atoms with Crippen molar-refractivity contribution in [3.05, 3.63) is 29.3 Å². The Morgan fingerprint density at radius 2 is 2.03 bits per heavy atom. The topological polar surface area (TPSA) is 128 Å². The molecule has 0 aromatic heterocycles. The fraction of sp³-hybridized carbons (Fsp3) is 0.682. The second-order valence-electron chi connectivity index (χ2n) is 8.93. The highest BCUT2D eigenvalue weighted by atomic mass is 16.7. The first-order valence-electron chi connectivity index (χ1n) is 12.1. The summed E-state index contributed by atoms with van der Waals surface area (Å²) in [6, 6.07) is -0.223. The van der Waals surface area contributed by atoms with E-state index < -0.39 is 36.7 Å². The van der Waals surface area contributed by atoms with E-state index in [1.807, 2.05) is 0 Å². The van der Waals surface area contributed by atoms with E-state index in [9.17, 15) is 25.2 Å². The number of piperidine rings is 1. The molecule has 0 spiro atoms. The summed E-state index contributed by atoms with van der Waals surface area (Å²) in [6.07, 6.45) is -3.68. The lowest BCUT2D eigenvalue weighted by Gasteiger charge is -2.56. The molecular weight excluding hydrogens is 390 g/mol. The van der Waals surface area contributed by atoms with Gasteiger partial charge in [-0.25, -0.2) is 4.79 Å². The molecule has 2 aliphatic carbocycles. The fourth-order valence-electron chi connectivity index (χ4n) is 5.97. The average molecular weight is 422 g/mol. The Morgan fingerprint density at radius 1 is 1.20 bits per heavy atom. The standard InChI is InChI=1S/C22H29NO7/c24-16-17(25)19(20(27)28)30-21(18(16)26)29-12-5-4-11-9-15-13-3-1-2-6-22(13,7-8-23-15)14(11)10-12/h4-5,10,13,15-19,21,23-26H,1-3,6-9H2,(H,27,28)/i4D,5D,10D. The summed E-state index contributed by atoms with van der Waals surface area (Å²) in [5, 5.41) is 43.2. The summed E-state index contributed by atoms with van der Waals surface area (Å²) in [7, 11) is 0. The van der Waals surface area contributed by atoms with Gasteiger partial charge in [0.25, 0.3) is 0 Å². The van der Waals surface area contributed by atoms with Gasteiger partial charge in [0.15, 0.2) is 6.10 Å². The van der Waals surface area contributed by atoms with Crippen LogP contribution < -0.4 is 10.1 Å². The lowest BCUT2D eigenvalue weighted by Crippen LogP contribution is -2.61. The minimum Gasteiger partial charge on any atom is -0.479 e. The van der Waals surface area contributed by atoms with Gasteiger partial charge in [0.1, 0.15) is 24.1 Å². The van der Waals surface area contributed by atoms with Crippen LogP contribution in [0.3, 0.4) is 0 Å². The second kappa shape index (κ2) is 7.46. The van der Waals surface area contributed by atoms with Crippen molar-refractivity contribution in [2.45, 2.75) is 80.7 Å². The molecule has 5 N–H and O–H groups in total. The third-order valence-electron chi connectivity index (χ3n) is 7.40. The number of hydrogen-bond donors (Lipinski definition) is 5. The number of aliphatic carboxylic acids is 1. The van der Waals surface area contributed by atoms with Gasteiger partial charge in [-0.05, 0) is 61.4 Å². The first-order valence-corrected chi connectivity index (χ1v) is 10.6. The van der Waals surface area contributed by atoms with Crippen molar-refractivity contribution in [1.29, 1.82) is 0 Å². The van der Waals surface area contributed by atoms with E-state index in [1.54, 1.807) is 0 Å². The van der Waals surface area contributed by atoms with Gasteiger partial charge in [-0.1, -0.05) is 18.9 Å². The van der Waals surface area contributed by atoms with Gasteiger partial charge in [0, 0.05) is 11.5 Å². The maximum atomic E-state index is 11.4. The Bertz CT molecular complexity index is 974. The van der Waals surface area contributed by atoms with Gasteiger partial charge in [0.05, 0.1) is 4.11 Å². The molecule has 164 valence electrons. The van der Waals surface area contributed by atoms with E-state index in [4.69, 9.17) is 13.6 Å². The van der Waals surface area contributed by atoms with Crippen LogP contribution in [-0.2, 0) is 21.4 Å². The van der Waals surface area contributed by atoms with Crippen molar-refractivity contribution >= 4 is 5.97 Å². The Hall–Kier alpha value is -1.71. The molecule has 1 aromatic carbocycles. The molecule has 2 heterocycles. The molecule has 4 aliphatic rings. The van der Waals surface area contributed by atoms with Crippen LogP contribution in [0.4, 0.5) is 0 Å². The number of carbonyl (C=O) groups is 1. The molecule has 1 saturated carbocycles. The van der Waals surface area contributed by atoms with Crippen LogP contribution in [0.25, 0.3) is 0 Å². The first-order chi connectivity index (χ1) is 15.7. The Labute approximate surface area is 179 Å². The molecule has 8 unspecified atom stereocenters. The number of hydrogen-bond acceptors (Lipinski definition) is 7. The van der Waals surface area contributed by atoms with Gasteiger partial charge < -0.3 is 35.2 Å². The van der Waals surface area contributed by atoms with Crippen LogP contribution in [0.2, 0.25) is 0 Å². The van der Waals surface area contributed by atoms with Crippen molar-refractivity contribution < 1.29 is 38.8 Å². The van der Waals surface area contributed by atoms with E-state index in [2.05, 4.69) is 5.32 Å². The smallest absolute Gasteiger partial charge is 0.335 e. The zero-order valence-electron chi connectivity index (χ0n) is 19.5. The van der Waals surface area contributed by atoms with Crippen molar-refractivity contribution in [2.75, 3.05) is 6.54 Å². The number of fused-ring (bicyclic) bond motifs is 1. The molecule has 8 heteroatoms. The number of rotatable bonds is 3. The number of carboxylic acids is 1. The Kier molecular flexibility index (Phi) is 4.21. The summed E-state index contributed by atoms with van der Waals surface area (Å²) in [6.45, 7) is 0.807. The normalized spacial score (nSPS) is 44.1. The number of aliphatic hydroxyl groups excluding tert-OH is 3. The molecule has 3 fully saturated rings. The Balaban J connectivity index is 1.58. The van der Waals surface area contributed by atoms with Crippen molar-refractivity contribution in [3.63, 3.8) is 0 Å². The van der Waals surface area contributed by atoms with Crippen LogP contribution in [0, 0.1) is 5.92 Å². The summed E-state index contributed by atoms with van der Waals surface area (Å²) < 4.78 is 37.1. The molecule has 0 radical (unpaired) electrons. The maximum Gasteiger partial charge on any atom is 0.335 e. The van der Waals surface area contributed by atoms with E-state index in [-0.39, 0.29) is 35.3 Å². The zero-order chi connectivity index (χ0) is 23.7. The predicted octanol–water partition coefficient (Wildman–Crippen LogP) is 0.304. The largest absolute Gasteiger partial charge is 0.479 e. The fourth-order valence-corrected chi connectivity index (χ4v) is 5.97. The summed E-state index contributed by atoms with van der Waals surface area (Å²) in [5.74, 6) is -1.49. The van der Waals surface area contributed by atoms with Crippen molar-refractivity contribution in [2.24, 2.45) is 5.92 Å². The molecule has 2 saturated heterocycles. The number of carboxylic acid groups (broad SMARTS) is 1. The molecule has 8 nitrogen and oxygen atoms in total. The zero-order valence-corrected chi connectivity index (χ0v) is 16.5. The summed E-state index contributed by atoms with van der Waals surface area (Å²) >= 11 is 0. The molecule has 0 amide bonds.